The van der Waals surface area contributed by atoms with E-state index in [-0.39, 0.29) is 0 Å². The van der Waals surface area contributed by atoms with Gasteiger partial charge in [0.1, 0.15) is 17.3 Å². The number of hydrogen-bond acceptors (Lipinski definition) is 3. The van der Waals surface area contributed by atoms with E-state index in [1.807, 2.05) is 0 Å². The van der Waals surface area contributed by atoms with Crippen molar-refractivity contribution in [3.05, 3.63) is 17.0 Å². The molecule has 2 rings (SSSR count). The molecule has 1 fully saturated rings. The van der Waals surface area contributed by atoms with Crippen molar-refractivity contribution in [2.45, 2.75) is 26.2 Å². The molecule has 1 saturated heterocycles. The van der Waals surface area contributed by atoms with Gasteiger partial charge in [-0.05, 0) is 12.3 Å². The van der Waals surface area contributed by atoms with E-state index in [1.54, 1.807) is 6.33 Å². The van der Waals surface area contributed by atoms with E-state index in [0.717, 1.165) is 24.5 Å². The molecule has 3 nitrogen and oxygen atoms in total. The number of halogens is 1. The molecule has 76 valence electrons. The molecule has 0 saturated carbocycles. The number of aromatic nitrogens is 2. The Morgan fingerprint density at radius 3 is 2.57 bits per heavy atom. The Kier molecular flexibility index (Phi) is 2.59. The molecular weight excluding hydrogens is 198 g/mol. The van der Waals surface area contributed by atoms with Crippen LogP contribution in [0, 0.1) is 0 Å². The van der Waals surface area contributed by atoms with Gasteiger partial charge in [0, 0.05) is 18.7 Å². The summed E-state index contributed by atoms with van der Waals surface area (Å²) in [6.07, 6.45) is 2.79. The predicted molar refractivity (Wildman–Crippen MR) is 58.0 cm³/mol. The second-order valence-electron chi connectivity index (χ2n) is 3.90. The molecule has 0 aromatic carbocycles. The maximum atomic E-state index is 6.07. The van der Waals surface area contributed by atoms with E-state index >= 15 is 0 Å². The van der Waals surface area contributed by atoms with Gasteiger partial charge in [0.15, 0.2) is 0 Å². The maximum Gasteiger partial charge on any atom is 0.138 e. The van der Waals surface area contributed by atoms with E-state index in [0.29, 0.717) is 11.1 Å². The van der Waals surface area contributed by atoms with Crippen LogP contribution in [-0.2, 0) is 0 Å². The standard InChI is InChI=1S/C10H14ClN3/c1-7(2)8-9(11)12-6-13-10(8)14-4-3-5-14/h6-7H,3-5H2,1-2H3. The third kappa shape index (κ3) is 1.57. The first kappa shape index (κ1) is 9.71. The number of rotatable bonds is 2. The number of hydrogen-bond donors (Lipinski definition) is 0. The van der Waals surface area contributed by atoms with Gasteiger partial charge in [0.05, 0.1) is 0 Å². The van der Waals surface area contributed by atoms with Crippen LogP contribution < -0.4 is 4.90 Å². The van der Waals surface area contributed by atoms with Crippen LogP contribution in [0.4, 0.5) is 5.82 Å². The van der Waals surface area contributed by atoms with E-state index in [9.17, 15) is 0 Å². The second-order valence-corrected chi connectivity index (χ2v) is 4.26. The van der Waals surface area contributed by atoms with Gasteiger partial charge in [0.25, 0.3) is 0 Å². The van der Waals surface area contributed by atoms with Gasteiger partial charge in [0.2, 0.25) is 0 Å². The van der Waals surface area contributed by atoms with Crippen molar-refractivity contribution in [2.75, 3.05) is 18.0 Å². The van der Waals surface area contributed by atoms with Crippen molar-refractivity contribution < 1.29 is 0 Å². The van der Waals surface area contributed by atoms with Crippen molar-refractivity contribution in [2.24, 2.45) is 0 Å². The first-order valence-electron chi connectivity index (χ1n) is 4.95. The molecule has 0 atom stereocenters. The normalized spacial score (nSPS) is 15.9. The first-order chi connectivity index (χ1) is 6.70. The van der Waals surface area contributed by atoms with Crippen molar-refractivity contribution in [3.8, 4) is 0 Å². The Bertz CT molecular complexity index is 334. The van der Waals surface area contributed by atoms with E-state index in [1.165, 1.54) is 6.42 Å². The molecule has 0 radical (unpaired) electrons. The summed E-state index contributed by atoms with van der Waals surface area (Å²) in [5, 5.41) is 0.594. The summed E-state index contributed by atoms with van der Waals surface area (Å²) in [6.45, 7) is 6.42. The molecule has 2 heterocycles. The van der Waals surface area contributed by atoms with Crippen LogP contribution in [0.1, 0.15) is 31.7 Å². The van der Waals surface area contributed by atoms with Crippen molar-refractivity contribution in [3.63, 3.8) is 0 Å². The highest BCUT2D eigenvalue weighted by molar-refractivity contribution is 6.30. The Morgan fingerprint density at radius 1 is 1.36 bits per heavy atom. The van der Waals surface area contributed by atoms with Crippen LogP contribution >= 0.6 is 11.6 Å². The highest BCUT2D eigenvalue weighted by atomic mass is 35.5. The smallest absolute Gasteiger partial charge is 0.138 e. The number of anilines is 1. The molecule has 0 unspecified atom stereocenters. The predicted octanol–water partition coefficient (Wildman–Crippen LogP) is 2.46. The molecule has 14 heavy (non-hydrogen) atoms. The lowest BCUT2D eigenvalue weighted by Crippen LogP contribution is -2.38. The van der Waals surface area contributed by atoms with E-state index in [2.05, 4.69) is 28.7 Å². The molecule has 4 heteroatoms. The summed E-state index contributed by atoms with van der Waals surface area (Å²) in [5.74, 6) is 1.39. The third-order valence-electron chi connectivity index (χ3n) is 2.55. The highest BCUT2D eigenvalue weighted by Crippen LogP contribution is 2.32. The lowest BCUT2D eigenvalue weighted by Gasteiger charge is -2.34. The summed E-state index contributed by atoms with van der Waals surface area (Å²) in [7, 11) is 0. The molecule has 0 spiro atoms. The summed E-state index contributed by atoms with van der Waals surface area (Å²) in [5.41, 5.74) is 1.08. The third-order valence-corrected chi connectivity index (χ3v) is 2.85. The lowest BCUT2D eigenvalue weighted by atomic mass is 10.0. The molecule has 1 aliphatic heterocycles. The minimum atomic E-state index is 0.374. The number of nitrogens with zero attached hydrogens (tertiary/aromatic N) is 3. The van der Waals surface area contributed by atoms with Gasteiger partial charge in [-0.2, -0.15) is 0 Å². The van der Waals surface area contributed by atoms with Crippen LogP contribution in [0.15, 0.2) is 6.33 Å². The monoisotopic (exact) mass is 211 g/mol. The summed E-state index contributed by atoms with van der Waals surface area (Å²) < 4.78 is 0. The second kappa shape index (κ2) is 3.73. The SMILES string of the molecule is CC(C)c1c(Cl)ncnc1N1CCC1. The fraction of sp³-hybridized carbons (Fsp3) is 0.600. The topological polar surface area (TPSA) is 29.0 Å². The summed E-state index contributed by atoms with van der Waals surface area (Å²) in [4.78, 5) is 10.6. The fourth-order valence-corrected chi connectivity index (χ4v) is 1.99. The molecule has 0 N–H and O–H groups in total. The zero-order valence-electron chi connectivity index (χ0n) is 8.50. The zero-order chi connectivity index (χ0) is 10.1. The largest absolute Gasteiger partial charge is 0.356 e. The van der Waals surface area contributed by atoms with Gasteiger partial charge >= 0.3 is 0 Å². The first-order valence-corrected chi connectivity index (χ1v) is 5.33. The van der Waals surface area contributed by atoms with E-state index in [4.69, 9.17) is 11.6 Å². The maximum absolute atomic E-state index is 6.07. The molecule has 0 aliphatic carbocycles. The van der Waals surface area contributed by atoms with Crippen LogP contribution in [0.2, 0.25) is 5.15 Å². The highest BCUT2D eigenvalue weighted by Gasteiger charge is 2.22. The van der Waals surface area contributed by atoms with Gasteiger partial charge in [-0.15, -0.1) is 0 Å². The minimum absolute atomic E-state index is 0.374. The minimum Gasteiger partial charge on any atom is -0.356 e. The molecule has 1 aliphatic rings. The average Bonchev–Trinajstić information content (AvgIpc) is 1.99. The molecule has 0 amide bonds. The quantitative estimate of drug-likeness (QED) is 0.704. The van der Waals surface area contributed by atoms with Crippen LogP contribution in [0.5, 0.6) is 0 Å². The van der Waals surface area contributed by atoms with Gasteiger partial charge in [-0.3, -0.25) is 0 Å². The Balaban J connectivity index is 2.41. The van der Waals surface area contributed by atoms with Crippen molar-refractivity contribution >= 4 is 17.4 Å². The van der Waals surface area contributed by atoms with E-state index < -0.39 is 0 Å². The Morgan fingerprint density at radius 2 is 2.07 bits per heavy atom. The van der Waals surface area contributed by atoms with Crippen molar-refractivity contribution in [1.29, 1.82) is 0 Å². The van der Waals surface area contributed by atoms with Gasteiger partial charge < -0.3 is 4.90 Å². The van der Waals surface area contributed by atoms with Crippen LogP contribution in [0.25, 0.3) is 0 Å². The fourth-order valence-electron chi connectivity index (χ4n) is 1.64. The molecule has 1 aromatic rings. The Labute approximate surface area is 89.1 Å². The van der Waals surface area contributed by atoms with Gasteiger partial charge in [-0.25, -0.2) is 9.97 Å². The molecule has 1 aromatic heterocycles. The average molecular weight is 212 g/mol. The molecule has 0 bridgehead atoms. The van der Waals surface area contributed by atoms with Crippen molar-refractivity contribution in [1.82, 2.24) is 9.97 Å². The summed E-state index contributed by atoms with van der Waals surface area (Å²) >= 11 is 6.07. The Hall–Kier alpha value is -0.830. The molecular formula is C10H14ClN3. The summed E-state index contributed by atoms with van der Waals surface area (Å²) in [6, 6.07) is 0. The van der Waals surface area contributed by atoms with Crippen LogP contribution in [0.3, 0.4) is 0 Å². The zero-order valence-corrected chi connectivity index (χ0v) is 9.25. The lowest BCUT2D eigenvalue weighted by molar-refractivity contribution is 0.602. The van der Waals surface area contributed by atoms with Crippen LogP contribution in [-0.4, -0.2) is 23.1 Å². The van der Waals surface area contributed by atoms with Gasteiger partial charge in [-0.1, -0.05) is 25.4 Å².